The predicted octanol–water partition coefficient (Wildman–Crippen LogP) is 4.27. The Morgan fingerprint density at radius 2 is 1.45 bits per heavy atom. The van der Waals surface area contributed by atoms with Gasteiger partial charge < -0.3 is 0 Å². The van der Waals surface area contributed by atoms with E-state index in [1.165, 1.54) is 6.42 Å². The molecule has 0 fully saturated rings. The van der Waals surface area contributed by atoms with Crippen LogP contribution in [0.3, 0.4) is 0 Å². The SMILES string of the molecule is CC.CC[C@H](C)/C=C\C(C)C. The first-order valence-electron chi connectivity index (χ1n) is 4.85. The molecule has 1 atom stereocenters. The van der Waals surface area contributed by atoms with Gasteiger partial charge in [-0.1, -0.05) is 60.1 Å². The molecule has 0 aromatic carbocycles. The summed E-state index contributed by atoms with van der Waals surface area (Å²) < 4.78 is 0. The van der Waals surface area contributed by atoms with Crippen molar-refractivity contribution >= 4 is 0 Å². The molecule has 0 aliphatic carbocycles. The van der Waals surface area contributed by atoms with Gasteiger partial charge in [0, 0.05) is 0 Å². The normalized spacial score (nSPS) is 13.0. The van der Waals surface area contributed by atoms with Crippen molar-refractivity contribution in [2.45, 2.75) is 48.0 Å². The van der Waals surface area contributed by atoms with Crippen molar-refractivity contribution in [2.24, 2.45) is 11.8 Å². The molecular formula is C11H24. The molecule has 0 spiro atoms. The number of hydrogen-bond donors (Lipinski definition) is 0. The van der Waals surface area contributed by atoms with E-state index in [0.29, 0.717) is 5.92 Å². The molecule has 0 aliphatic heterocycles. The van der Waals surface area contributed by atoms with E-state index in [1.54, 1.807) is 0 Å². The Bertz CT molecular complexity index is 80.0. The Labute approximate surface area is 72.7 Å². The molecule has 0 aliphatic rings. The van der Waals surface area contributed by atoms with Gasteiger partial charge in [0.1, 0.15) is 0 Å². The van der Waals surface area contributed by atoms with E-state index < -0.39 is 0 Å². The molecule has 0 radical (unpaired) electrons. The maximum Gasteiger partial charge on any atom is -0.0264 e. The molecule has 0 saturated heterocycles. The highest BCUT2D eigenvalue weighted by molar-refractivity contribution is 4.87. The van der Waals surface area contributed by atoms with Gasteiger partial charge in [-0.05, 0) is 11.8 Å². The predicted molar refractivity (Wildman–Crippen MR) is 54.8 cm³/mol. The highest BCUT2D eigenvalue weighted by atomic mass is 14.0. The summed E-state index contributed by atoms with van der Waals surface area (Å²) in [4.78, 5) is 0. The zero-order chi connectivity index (χ0) is 9.28. The van der Waals surface area contributed by atoms with Gasteiger partial charge in [0.05, 0.1) is 0 Å². The summed E-state index contributed by atoms with van der Waals surface area (Å²) in [5.41, 5.74) is 0. The highest BCUT2D eigenvalue weighted by Gasteiger charge is 1.90. The minimum absolute atomic E-state index is 0.707. The lowest BCUT2D eigenvalue weighted by atomic mass is 10.1. The second-order valence-corrected chi connectivity index (χ2v) is 3.01. The van der Waals surface area contributed by atoms with Gasteiger partial charge in [0.25, 0.3) is 0 Å². The molecule has 0 heterocycles. The van der Waals surface area contributed by atoms with E-state index in [9.17, 15) is 0 Å². The van der Waals surface area contributed by atoms with Gasteiger partial charge in [0.15, 0.2) is 0 Å². The van der Waals surface area contributed by atoms with Crippen molar-refractivity contribution in [3.8, 4) is 0 Å². The van der Waals surface area contributed by atoms with Crippen LogP contribution in [0.25, 0.3) is 0 Å². The van der Waals surface area contributed by atoms with Gasteiger partial charge in [-0.15, -0.1) is 0 Å². The van der Waals surface area contributed by atoms with E-state index >= 15 is 0 Å². The van der Waals surface area contributed by atoms with E-state index in [4.69, 9.17) is 0 Å². The molecule has 0 saturated carbocycles. The van der Waals surface area contributed by atoms with Crippen LogP contribution < -0.4 is 0 Å². The summed E-state index contributed by atoms with van der Waals surface area (Å²) >= 11 is 0. The maximum absolute atomic E-state index is 2.30. The summed E-state index contributed by atoms with van der Waals surface area (Å²) in [7, 11) is 0. The fourth-order valence-corrected chi connectivity index (χ4v) is 0.548. The molecule has 11 heavy (non-hydrogen) atoms. The molecule has 0 N–H and O–H groups in total. The summed E-state index contributed by atoms with van der Waals surface area (Å²) in [6, 6.07) is 0. The van der Waals surface area contributed by atoms with Crippen LogP contribution in [0, 0.1) is 11.8 Å². The van der Waals surface area contributed by atoms with Gasteiger partial charge in [-0.25, -0.2) is 0 Å². The van der Waals surface area contributed by atoms with Crippen LogP contribution in [0.2, 0.25) is 0 Å². The molecule has 0 nitrogen and oxygen atoms in total. The third kappa shape index (κ3) is 12.8. The first-order chi connectivity index (χ1) is 5.16. The van der Waals surface area contributed by atoms with E-state index in [0.717, 1.165) is 5.92 Å². The van der Waals surface area contributed by atoms with Crippen molar-refractivity contribution in [3.05, 3.63) is 12.2 Å². The molecule has 0 bridgehead atoms. The Hall–Kier alpha value is -0.260. The second kappa shape index (κ2) is 9.74. The lowest BCUT2D eigenvalue weighted by Crippen LogP contribution is -1.86. The topological polar surface area (TPSA) is 0 Å². The zero-order valence-electron chi connectivity index (χ0n) is 9.02. The lowest BCUT2D eigenvalue weighted by molar-refractivity contribution is 0.686. The quantitative estimate of drug-likeness (QED) is 0.535. The summed E-state index contributed by atoms with van der Waals surface area (Å²) in [5.74, 6) is 1.46. The minimum Gasteiger partial charge on any atom is -0.0857 e. The molecule has 0 aromatic rings. The fourth-order valence-electron chi connectivity index (χ4n) is 0.548. The van der Waals surface area contributed by atoms with Crippen molar-refractivity contribution in [2.75, 3.05) is 0 Å². The van der Waals surface area contributed by atoms with Crippen molar-refractivity contribution in [1.29, 1.82) is 0 Å². The van der Waals surface area contributed by atoms with E-state index in [-0.39, 0.29) is 0 Å². The number of hydrogen-bond acceptors (Lipinski definition) is 0. The highest BCUT2D eigenvalue weighted by Crippen LogP contribution is 2.04. The smallest absolute Gasteiger partial charge is 0.0264 e. The summed E-state index contributed by atoms with van der Waals surface area (Å²) in [5, 5.41) is 0. The molecule has 0 heteroatoms. The van der Waals surface area contributed by atoms with Crippen molar-refractivity contribution in [1.82, 2.24) is 0 Å². The number of allylic oxidation sites excluding steroid dienone is 2. The molecule has 0 amide bonds. The molecule has 0 unspecified atom stereocenters. The molecule has 0 aromatic heterocycles. The largest absolute Gasteiger partial charge is 0.0857 e. The van der Waals surface area contributed by atoms with Gasteiger partial charge in [-0.3, -0.25) is 0 Å². The number of rotatable bonds is 3. The third-order valence-corrected chi connectivity index (χ3v) is 1.47. The monoisotopic (exact) mass is 156 g/mol. The van der Waals surface area contributed by atoms with Crippen LogP contribution in [0.1, 0.15) is 48.0 Å². The molecular weight excluding hydrogens is 132 g/mol. The molecule has 0 rings (SSSR count). The first kappa shape index (κ1) is 13.3. The average molecular weight is 156 g/mol. The van der Waals surface area contributed by atoms with Crippen LogP contribution in [-0.2, 0) is 0 Å². The Kier molecular flexibility index (Phi) is 11.8. The van der Waals surface area contributed by atoms with Crippen molar-refractivity contribution in [3.63, 3.8) is 0 Å². The fraction of sp³-hybridized carbons (Fsp3) is 0.818. The summed E-state index contributed by atoms with van der Waals surface area (Å²) in [6.07, 6.45) is 5.82. The Morgan fingerprint density at radius 3 is 1.73 bits per heavy atom. The van der Waals surface area contributed by atoms with E-state index in [2.05, 4.69) is 39.8 Å². The Morgan fingerprint density at radius 1 is 1.00 bits per heavy atom. The zero-order valence-corrected chi connectivity index (χ0v) is 9.02. The van der Waals surface area contributed by atoms with Crippen molar-refractivity contribution < 1.29 is 0 Å². The van der Waals surface area contributed by atoms with Crippen LogP contribution in [0.5, 0.6) is 0 Å². The summed E-state index contributed by atoms with van der Waals surface area (Å²) in [6.45, 7) is 12.9. The standard InChI is InChI=1S/C9H18.C2H6/c1-5-9(4)7-6-8(2)3;1-2/h6-9H,5H2,1-4H3;1-2H3/b7-6-;/t9-;/m0./s1. The lowest BCUT2D eigenvalue weighted by Gasteiger charge is -2.00. The minimum atomic E-state index is 0.707. The average Bonchev–Trinajstić information content (AvgIpc) is 2.04. The van der Waals surface area contributed by atoms with Gasteiger partial charge in [-0.2, -0.15) is 0 Å². The van der Waals surface area contributed by atoms with E-state index in [1.807, 2.05) is 13.8 Å². The first-order valence-corrected chi connectivity index (χ1v) is 4.85. The van der Waals surface area contributed by atoms with Gasteiger partial charge >= 0.3 is 0 Å². The Balaban J connectivity index is 0. The maximum atomic E-state index is 2.30. The van der Waals surface area contributed by atoms with Crippen LogP contribution in [0.4, 0.5) is 0 Å². The van der Waals surface area contributed by atoms with Crippen LogP contribution in [0.15, 0.2) is 12.2 Å². The second-order valence-electron chi connectivity index (χ2n) is 3.01. The molecule has 68 valence electrons. The third-order valence-electron chi connectivity index (χ3n) is 1.47. The van der Waals surface area contributed by atoms with Gasteiger partial charge in [0.2, 0.25) is 0 Å². The van der Waals surface area contributed by atoms with Crippen LogP contribution in [-0.4, -0.2) is 0 Å². The van der Waals surface area contributed by atoms with Crippen LogP contribution >= 0.6 is 0 Å².